The van der Waals surface area contributed by atoms with Crippen molar-refractivity contribution >= 4 is 6.08 Å². The Morgan fingerprint density at radius 3 is 3.08 bits per heavy atom. The molecule has 0 radical (unpaired) electrons. The third-order valence-electron chi connectivity index (χ3n) is 3.02. The van der Waals surface area contributed by atoms with Gasteiger partial charge in [-0.3, -0.25) is 0 Å². The first-order valence-electron chi connectivity index (χ1n) is 4.65. The van der Waals surface area contributed by atoms with Gasteiger partial charge >= 0.3 is 0 Å². The standard InChI is InChI=1S/C10H13NO/c12-7-11-10-4-3-8-1-2-9(5-8)6-10/h4,8-9H,1-3,5-6H2. The second-order valence-electron chi connectivity index (χ2n) is 3.88. The number of hydrogen-bond acceptors (Lipinski definition) is 2. The lowest BCUT2D eigenvalue weighted by atomic mass is 10.0. The number of carbonyl (C=O) groups excluding carboxylic acids is 1. The van der Waals surface area contributed by atoms with Crippen molar-refractivity contribution in [2.45, 2.75) is 32.1 Å². The van der Waals surface area contributed by atoms with E-state index in [0.29, 0.717) is 0 Å². The van der Waals surface area contributed by atoms with Gasteiger partial charge in [0.1, 0.15) is 0 Å². The number of aliphatic imine (C=N–C) groups is 1. The third kappa shape index (κ3) is 1.49. The molecule has 2 atom stereocenters. The summed E-state index contributed by atoms with van der Waals surface area (Å²) in [6.45, 7) is 0. The molecule has 1 fully saturated rings. The Morgan fingerprint density at radius 2 is 2.25 bits per heavy atom. The topological polar surface area (TPSA) is 29.4 Å². The molecule has 0 spiro atoms. The molecule has 0 amide bonds. The lowest BCUT2D eigenvalue weighted by Crippen LogP contribution is -1.93. The van der Waals surface area contributed by atoms with Gasteiger partial charge in [0, 0.05) is 5.70 Å². The van der Waals surface area contributed by atoms with E-state index in [9.17, 15) is 4.79 Å². The van der Waals surface area contributed by atoms with Crippen LogP contribution >= 0.6 is 0 Å². The van der Waals surface area contributed by atoms with Gasteiger partial charge in [0.25, 0.3) is 0 Å². The van der Waals surface area contributed by atoms with E-state index >= 15 is 0 Å². The number of hydrogen-bond donors (Lipinski definition) is 0. The molecule has 2 aliphatic carbocycles. The Labute approximate surface area is 72.4 Å². The Hall–Kier alpha value is -0.880. The smallest absolute Gasteiger partial charge is 0.211 e. The minimum Gasteiger partial charge on any atom is -0.211 e. The molecule has 0 N–H and O–H groups in total. The van der Waals surface area contributed by atoms with Gasteiger partial charge in [0.05, 0.1) is 0 Å². The summed E-state index contributed by atoms with van der Waals surface area (Å²) in [6.07, 6.45) is 9.92. The highest BCUT2D eigenvalue weighted by molar-refractivity contribution is 5.37. The second kappa shape index (κ2) is 3.24. The van der Waals surface area contributed by atoms with E-state index in [4.69, 9.17) is 0 Å². The van der Waals surface area contributed by atoms with Crippen molar-refractivity contribution in [1.82, 2.24) is 0 Å². The monoisotopic (exact) mass is 163 g/mol. The maximum atomic E-state index is 10.1. The molecule has 0 aromatic carbocycles. The van der Waals surface area contributed by atoms with Crippen LogP contribution in [0.15, 0.2) is 16.8 Å². The van der Waals surface area contributed by atoms with Crippen LogP contribution in [0, 0.1) is 11.8 Å². The van der Waals surface area contributed by atoms with Crippen LogP contribution in [-0.2, 0) is 4.79 Å². The van der Waals surface area contributed by atoms with E-state index in [1.54, 1.807) is 6.08 Å². The van der Waals surface area contributed by atoms with Gasteiger partial charge in [-0.15, -0.1) is 0 Å². The fourth-order valence-corrected chi connectivity index (χ4v) is 2.41. The summed E-state index contributed by atoms with van der Waals surface area (Å²) in [5, 5.41) is 0. The molecule has 64 valence electrons. The fraction of sp³-hybridized carbons (Fsp3) is 0.700. The number of rotatable bonds is 1. The van der Waals surface area contributed by atoms with Crippen molar-refractivity contribution < 1.29 is 4.79 Å². The number of nitrogens with zero attached hydrogens (tertiary/aromatic N) is 1. The van der Waals surface area contributed by atoms with E-state index < -0.39 is 0 Å². The highest BCUT2D eigenvalue weighted by Gasteiger charge is 2.27. The summed E-state index contributed by atoms with van der Waals surface area (Å²) in [5.41, 5.74) is 0.970. The Balaban J connectivity index is 2.12. The van der Waals surface area contributed by atoms with Gasteiger partial charge in [0.15, 0.2) is 0 Å². The van der Waals surface area contributed by atoms with Crippen molar-refractivity contribution in [3.05, 3.63) is 11.8 Å². The van der Waals surface area contributed by atoms with Crippen LogP contribution in [0.5, 0.6) is 0 Å². The summed E-state index contributed by atoms with van der Waals surface area (Å²) >= 11 is 0. The summed E-state index contributed by atoms with van der Waals surface area (Å²) < 4.78 is 0. The predicted octanol–water partition coefficient (Wildman–Crippen LogP) is 2.42. The van der Waals surface area contributed by atoms with Gasteiger partial charge in [-0.05, 0) is 43.9 Å². The largest absolute Gasteiger partial charge is 0.240 e. The van der Waals surface area contributed by atoms with Crippen molar-refractivity contribution in [3.63, 3.8) is 0 Å². The van der Waals surface area contributed by atoms with Crippen LogP contribution in [-0.4, -0.2) is 6.08 Å². The van der Waals surface area contributed by atoms with Crippen molar-refractivity contribution in [2.24, 2.45) is 16.8 Å². The first-order chi connectivity index (χ1) is 5.88. The molecule has 2 aliphatic rings. The van der Waals surface area contributed by atoms with Gasteiger partial charge in [-0.25, -0.2) is 4.79 Å². The predicted molar refractivity (Wildman–Crippen MR) is 46.3 cm³/mol. The zero-order chi connectivity index (χ0) is 8.39. The zero-order valence-electron chi connectivity index (χ0n) is 7.12. The fourth-order valence-electron chi connectivity index (χ4n) is 2.41. The van der Waals surface area contributed by atoms with Gasteiger partial charge in [-0.1, -0.05) is 6.08 Å². The molecule has 2 unspecified atom stereocenters. The van der Waals surface area contributed by atoms with Crippen molar-refractivity contribution in [3.8, 4) is 0 Å². The first kappa shape index (κ1) is 7.75. The average Bonchev–Trinajstić information content (AvgIpc) is 2.37. The second-order valence-corrected chi connectivity index (χ2v) is 3.88. The van der Waals surface area contributed by atoms with Crippen LogP contribution in [0.25, 0.3) is 0 Å². The quantitative estimate of drug-likeness (QED) is 0.431. The van der Waals surface area contributed by atoms with E-state index in [1.165, 1.54) is 19.3 Å². The molecule has 2 rings (SSSR count). The lowest BCUT2D eigenvalue weighted by molar-refractivity contribution is 0.508. The highest BCUT2D eigenvalue weighted by atomic mass is 16.1. The van der Waals surface area contributed by atoms with Gasteiger partial charge in [-0.2, -0.15) is 4.99 Å². The Bertz CT molecular complexity index is 251. The number of isocyanates is 1. The normalized spacial score (nSPS) is 33.5. The molecule has 0 heterocycles. The molecule has 2 nitrogen and oxygen atoms in total. The molecule has 0 aromatic rings. The van der Waals surface area contributed by atoms with Crippen molar-refractivity contribution in [2.75, 3.05) is 0 Å². The summed E-state index contributed by atoms with van der Waals surface area (Å²) in [6, 6.07) is 0. The highest BCUT2D eigenvalue weighted by Crippen LogP contribution is 2.39. The van der Waals surface area contributed by atoms with E-state index in [1.807, 2.05) is 0 Å². The molecule has 0 aliphatic heterocycles. The van der Waals surface area contributed by atoms with Crippen molar-refractivity contribution in [1.29, 1.82) is 0 Å². The lowest BCUT2D eigenvalue weighted by Gasteiger charge is -2.05. The maximum Gasteiger partial charge on any atom is 0.240 e. The molecule has 0 saturated heterocycles. The average molecular weight is 163 g/mol. The van der Waals surface area contributed by atoms with E-state index in [-0.39, 0.29) is 0 Å². The van der Waals surface area contributed by atoms with E-state index in [2.05, 4.69) is 11.1 Å². The summed E-state index contributed by atoms with van der Waals surface area (Å²) in [5.74, 6) is 1.66. The summed E-state index contributed by atoms with van der Waals surface area (Å²) in [7, 11) is 0. The van der Waals surface area contributed by atoms with Crippen LogP contribution in [0.2, 0.25) is 0 Å². The first-order valence-corrected chi connectivity index (χ1v) is 4.65. The Morgan fingerprint density at radius 1 is 1.42 bits per heavy atom. The Kier molecular flexibility index (Phi) is 2.09. The van der Waals surface area contributed by atoms with Gasteiger partial charge in [0.2, 0.25) is 6.08 Å². The van der Waals surface area contributed by atoms with E-state index in [0.717, 1.165) is 30.4 Å². The molecule has 2 bridgehead atoms. The minimum atomic E-state index is 0.792. The van der Waals surface area contributed by atoms with Crippen LogP contribution in [0.3, 0.4) is 0 Å². The number of allylic oxidation sites excluding steroid dienone is 2. The van der Waals surface area contributed by atoms with Crippen LogP contribution in [0.4, 0.5) is 0 Å². The molecular weight excluding hydrogens is 150 g/mol. The zero-order valence-corrected chi connectivity index (χ0v) is 7.12. The molecule has 0 aromatic heterocycles. The maximum absolute atomic E-state index is 10.1. The molecule has 12 heavy (non-hydrogen) atoms. The minimum absolute atomic E-state index is 0.792. The summed E-state index contributed by atoms with van der Waals surface area (Å²) in [4.78, 5) is 13.8. The van der Waals surface area contributed by atoms with Crippen LogP contribution < -0.4 is 0 Å². The number of fused-ring (bicyclic) bond motifs is 2. The third-order valence-corrected chi connectivity index (χ3v) is 3.02. The van der Waals surface area contributed by atoms with Gasteiger partial charge < -0.3 is 0 Å². The molecule has 1 saturated carbocycles. The molecular formula is C10H13NO. The van der Waals surface area contributed by atoms with Crippen LogP contribution in [0.1, 0.15) is 32.1 Å². The molecule has 2 heteroatoms. The SMILES string of the molecule is O=C=NC1=CCC2CCC(C1)C2.